The summed E-state index contributed by atoms with van der Waals surface area (Å²) in [5.41, 5.74) is 23.1. The molecule has 0 bridgehead atoms. The van der Waals surface area contributed by atoms with Crippen molar-refractivity contribution < 1.29 is 0 Å². The monoisotopic (exact) mass is 1400 g/mol. The second-order valence-electron chi connectivity index (χ2n) is 27.8. The number of para-hydroxylation sites is 6. The molecule has 0 saturated heterocycles. The Morgan fingerprint density at radius 2 is 0.528 bits per heavy atom. The van der Waals surface area contributed by atoms with Crippen LogP contribution in [0.5, 0.6) is 0 Å². The van der Waals surface area contributed by atoms with E-state index in [2.05, 4.69) is 359 Å². The summed E-state index contributed by atoms with van der Waals surface area (Å²) in [6.45, 7) is 0. The topological polar surface area (TPSA) is 40.6 Å². The highest BCUT2D eigenvalue weighted by molar-refractivity contribution is 7.27. The highest BCUT2D eigenvalue weighted by atomic mass is 32.1. The van der Waals surface area contributed by atoms with Crippen LogP contribution in [0.3, 0.4) is 0 Å². The van der Waals surface area contributed by atoms with Gasteiger partial charge < -0.3 is 13.7 Å². The number of thiophene rings is 3. The number of hydrogen-bond donors (Lipinski definition) is 0. The van der Waals surface area contributed by atoms with Crippen LogP contribution in [0.4, 0.5) is 0 Å². The molecular weight excluding hydrogens is 1340 g/mol. The predicted molar refractivity (Wildman–Crippen MR) is 454 cm³/mol. The van der Waals surface area contributed by atoms with Crippen LogP contribution in [-0.2, 0) is 0 Å². The largest absolute Gasteiger partial charge is 0.309 e. The van der Waals surface area contributed by atoms with Crippen LogP contribution in [0.1, 0.15) is 0 Å². The summed E-state index contributed by atoms with van der Waals surface area (Å²) in [5.74, 6) is 0.643. The lowest BCUT2D eigenvalue weighted by atomic mass is 9.98. The maximum absolute atomic E-state index is 5.88. The smallest absolute Gasteiger partial charge is 0.160 e. The Kier molecular flexibility index (Phi) is 13.0. The van der Waals surface area contributed by atoms with E-state index in [1.54, 1.807) is 0 Å². The molecule has 16 aromatic carbocycles. The maximum atomic E-state index is 5.88. The number of aromatic nitrogens is 5. The molecule has 0 radical (unpaired) electrons. The van der Waals surface area contributed by atoms with Crippen molar-refractivity contribution in [3.63, 3.8) is 0 Å². The Hall–Kier alpha value is -13.1. The van der Waals surface area contributed by atoms with Gasteiger partial charge in [-0.1, -0.05) is 261 Å². The second-order valence-corrected chi connectivity index (χ2v) is 30.9. The molecule has 0 fully saturated rings. The molecule has 0 N–H and O–H groups in total. The number of rotatable bonds is 9. The average Bonchev–Trinajstić information content (AvgIpc) is 1.59. The number of hydrogen-bond acceptors (Lipinski definition) is 5. The lowest BCUT2D eigenvalue weighted by molar-refractivity contribution is 1.17. The van der Waals surface area contributed by atoms with E-state index in [0.717, 1.165) is 78.0 Å². The van der Waals surface area contributed by atoms with Gasteiger partial charge in [0.15, 0.2) is 5.82 Å². The van der Waals surface area contributed by atoms with Crippen LogP contribution < -0.4 is 0 Å². The summed E-state index contributed by atoms with van der Waals surface area (Å²) in [5, 5.41) is 15.9. The first-order chi connectivity index (χ1) is 52.6. The Morgan fingerprint density at radius 1 is 0.208 bits per heavy atom. The van der Waals surface area contributed by atoms with E-state index >= 15 is 0 Å². The van der Waals surface area contributed by atoms with Gasteiger partial charge in [0, 0.05) is 160 Å². The van der Waals surface area contributed by atoms with Crippen molar-refractivity contribution in [1.29, 1.82) is 0 Å². The Labute approximate surface area is 619 Å². The maximum Gasteiger partial charge on any atom is 0.160 e. The quantitative estimate of drug-likeness (QED) is 0.144. The van der Waals surface area contributed by atoms with E-state index in [9.17, 15) is 0 Å². The lowest BCUT2D eigenvalue weighted by Crippen LogP contribution is -2.00. The zero-order valence-corrected chi connectivity index (χ0v) is 59.3. The first-order valence-corrected chi connectivity index (χ1v) is 38.5. The molecule has 7 heterocycles. The second kappa shape index (κ2) is 23.2. The van der Waals surface area contributed by atoms with Crippen molar-refractivity contribution in [3.8, 4) is 84.2 Å². The van der Waals surface area contributed by atoms with Gasteiger partial charge in [-0.3, -0.25) is 0 Å². The van der Waals surface area contributed by atoms with E-state index in [4.69, 9.17) is 9.97 Å². The first-order valence-electron chi connectivity index (χ1n) is 36.0. The van der Waals surface area contributed by atoms with Gasteiger partial charge in [0.05, 0.1) is 44.3 Å². The highest BCUT2D eigenvalue weighted by Crippen LogP contribution is 2.50. The molecular formula is C98H57N5S3. The highest BCUT2D eigenvalue weighted by Gasteiger charge is 2.25. The Morgan fingerprint density at radius 3 is 0.962 bits per heavy atom. The molecule has 106 heavy (non-hydrogen) atoms. The Bertz CT molecular complexity index is 7680. The molecule has 7 aromatic heterocycles. The molecule has 0 aliphatic rings. The van der Waals surface area contributed by atoms with Gasteiger partial charge in [0.1, 0.15) is 0 Å². The van der Waals surface area contributed by atoms with Gasteiger partial charge in [-0.05, 0) is 96.1 Å². The molecule has 0 atom stereocenters. The number of nitrogens with zero attached hydrogens (tertiary/aromatic N) is 5. The normalized spacial score (nSPS) is 12.2. The zero-order valence-electron chi connectivity index (χ0n) is 56.9. The van der Waals surface area contributed by atoms with Crippen molar-refractivity contribution in [1.82, 2.24) is 23.7 Å². The van der Waals surface area contributed by atoms with Gasteiger partial charge >= 0.3 is 0 Å². The summed E-state index contributed by atoms with van der Waals surface area (Å²) in [7, 11) is 0. The molecule has 23 rings (SSSR count). The number of benzene rings is 16. The van der Waals surface area contributed by atoms with Gasteiger partial charge in [-0.15, -0.1) is 34.0 Å². The standard InChI is InChI=1S/C98H57N5S3/c1-7-46-85-65(28-1)71-34-16-37-74(80-43-19-40-77-68-31-4-10-49-88(68)104-95(77)80)92(71)101(85)62-25-13-22-58(54-62)59-52-53-84-83(57-59)91(60-23-14-26-63(55-60)102-86-47-8-2-29-66(86)72-35-17-38-75(93(72)102)81-44-20-41-78-69-32-5-11-50-89(69)105-96(78)81)100-98(99-84)61-24-15-27-64(56-61)103-87-48-9-3-30-67(87)73-36-18-39-76(94(73)103)82-45-21-42-79-70-33-6-12-51-90(70)106-97(79)82/h1-57H. The Balaban J connectivity index is 0.727. The van der Waals surface area contributed by atoms with Crippen molar-refractivity contribution in [3.05, 3.63) is 346 Å². The molecule has 0 saturated carbocycles. The van der Waals surface area contributed by atoms with Gasteiger partial charge in [-0.2, -0.15) is 0 Å². The third-order valence-electron chi connectivity index (χ3n) is 22.0. The van der Waals surface area contributed by atoms with Crippen LogP contribution in [0.25, 0.3) is 221 Å². The van der Waals surface area contributed by atoms with E-state index in [0.29, 0.717) is 5.82 Å². The summed E-state index contributed by atoms with van der Waals surface area (Å²) in [6.07, 6.45) is 0. The predicted octanol–water partition coefficient (Wildman–Crippen LogP) is 28.0. The molecule has 0 unspecified atom stereocenters. The third-order valence-corrected chi connectivity index (χ3v) is 25.7. The fourth-order valence-corrected chi connectivity index (χ4v) is 21.1. The fraction of sp³-hybridized carbons (Fsp3) is 0. The molecule has 8 heteroatoms. The van der Waals surface area contributed by atoms with Crippen molar-refractivity contribution in [2.45, 2.75) is 0 Å². The molecule has 0 spiro atoms. The summed E-state index contributed by atoms with van der Waals surface area (Å²) >= 11 is 5.63. The van der Waals surface area contributed by atoms with Crippen LogP contribution >= 0.6 is 34.0 Å². The van der Waals surface area contributed by atoms with Gasteiger partial charge in [-0.25, -0.2) is 9.97 Å². The van der Waals surface area contributed by atoms with Crippen molar-refractivity contribution in [2.75, 3.05) is 0 Å². The average molecular weight is 1400 g/mol. The van der Waals surface area contributed by atoms with E-state index in [-0.39, 0.29) is 0 Å². The molecule has 0 aliphatic heterocycles. The zero-order chi connectivity index (χ0) is 69.2. The number of fused-ring (bicyclic) bond motifs is 19. The summed E-state index contributed by atoms with van der Waals surface area (Å²) in [6, 6.07) is 128. The van der Waals surface area contributed by atoms with E-state index in [1.165, 1.54) is 137 Å². The minimum absolute atomic E-state index is 0.643. The fourth-order valence-electron chi connectivity index (χ4n) is 17.4. The first kappa shape index (κ1) is 59.4. The van der Waals surface area contributed by atoms with Crippen molar-refractivity contribution >= 4 is 171 Å². The summed E-state index contributed by atoms with van der Waals surface area (Å²) in [4.78, 5) is 11.5. The molecule has 5 nitrogen and oxygen atoms in total. The van der Waals surface area contributed by atoms with Crippen LogP contribution in [-0.4, -0.2) is 23.7 Å². The van der Waals surface area contributed by atoms with Crippen LogP contribution in [0, 0.1) is 0 Å². The van der Waals surface area contributed by atoms with E-state index in [1.807, 2.05) is 34.0 Å². The SMILES string of the molecule is c1cc(-c2ccc3nc(-c4cccc(-n5c6ccccc6c6cccc(-c7cccc8c7sc7ccccc78)c65)c4)nc(-c4cccc(-n5c6ccccc6c6cccc(-c7cccc8c7sc7ccccc78)c65)c4)c3c2)cc(-n2c3ccccc3c3cccc(-c4cccc5c4sc4ccccc45)c32)c1. The third kappa shape index (κ3) is 8.87. The summed E-state index contributed by atoms with van der Waals surface area (Å²) < 4.78 is 15.2. The van der Waals surface area contributed by atoms with E-state index < -0.39 is 0 Å². The molecule has 492 valence electrons. The molecule has 0 aliphatic carbocycles. The minimum Gasteiger partial charge on any atom is -0.309 e. The van der Waals surface area contributed by atoms with Crippen LogP contribution in [0.2, 0.25) is 0 Å². The van der Waals surface area contributed by atoms with Crippen LogP contribution in [0.15, 0.2) is 346 Å². The van der Waals surface area contributed by atoms with Gasteiger partial charge in [0.25, 0.3) is 0 Å². The van der Waals surface area contributed by atoms with Crippen molar-refractivity contribution in [2.24, 2.45) is 0 Å². The lowest BCUT2D eigenvalue weighted by Gasteiger charge is -2.16. The molecule has 23 aromatic rings. The molecule has 0 amide bonds. The minimum atomic E-state index is 0.643. The van der Waals surface area contributed by atoms with Gasteiger partial charge in [0.2, 0.25) is 0 Å².